The summed E-state index contributed by atoms with van der Waals surface area (Å²) >= 11 is 0. The second-order valence-electron chi connectivity index (χ2n) is 4.85. The number of hydrogen-bond acceptors (Lipinski definition) is 4. The molecule has 0 spiro atoms. The van der Waals surface area contributed by atoms with Gasteiger partial charge < -0.3 is 20.6 Å². The van der Waals surface area contributed by atoms with Crippen LogP contribution in [0.3, 0.4) is 0 Å². The first-order valence-electron chi connectivity index (χ1n) is 6.92. The van der Waals surface area contributed by atoms with E-state index in [-0.39, 0.29) is 22.7 Å². The number of carboxylic acids is 1. The van der Waals surface area contributed by atoms with Crippen LogP contribution in [-0.2, 0) is 4.79 Å². The summed E-state index contributed by atoms with van der Waals surface area (Å²) in [6, 6.07) is 8.61. The van der Waals surface area contributed by atoms with Crippen molar-refractivity contribution in [1.82, 2.24) is 0 Å². The first-order valence-corrected chi connectivity index (χ1v) is 6.92. The largest absolute Gasteiger partial charge is 0.504 e. The van der Waals surface area contributed by atoms with Crippen LogP contribution < -0.4 is 5.32 Å². The standard InChI is InChI=1S/C18H15NO5/c1-2-3-4-17(22)19-14-7-5-11(9-13(14)18(23)24)12-6-8-15(20)16(21)10-12/h2-10,20-21H,1H2,(H,19,22)(H,23,24). The van der Waals surface area contributed by atoms with Crippen molar-refractivity contribution in [3.63, 3.8) is 0 Å². The molecule has 0 saturated heterocycles. The summed E-state index contributed by atoms with van der Waals surface area (Å²) in [4.78, 5) is 23.1. The Morgan fingerprint density at radius 1 is 1.00 bits per heavy atom. The Kier molecular flexibility index (Phi) is 5.01. The minimum atomic E-state index is -1.21. The number of rotatable bonds is 5. The minimum Gasteiger partial charge on any atom is -0.504 e. The zero-order valence-corrected chi connectivity index (χ0v) is 12.6. The molecule has 0 fully saturated rings. The van der Waals surface area contributed by atoms with Gasteiger partial charge in [-0.1, -0.05) is 30.9 Å². The summed E-state index contributed by atoms with van der Waals surface area (Å²) in [5.74, 6) is -2.26. The molecule has 0 aliphatic heterocycles. The third-order valence-corrected chi connectivity index (χ3v) is 3.20. The van der Waals surface area contributed by atoms with Crippen molar-refractivity contribution >= 4 is 17.6 Å². The zero-order chi connectivity index (χ0) is 17.7. The maximum atomic E-state index is 11.7. The Bertz CT molecular complexity index is 839. The highest BCUT2D eigenvalue weighted by Crippen LogP contribution is 2.32. The van der Waals surface area contributed by atoms with E-state index in [1.807, 2.05) is 0 Å². The summed E-state index contributed by atoms with van der Waals surface area (Å²) in [6.07, 6.45) is 4.09. The highest BCUT2D eigenvalue weighted by molar-refractivity contribution is 6.05. The zero-order valence-electron chi connectivity index (χ0n) is 12.6. The van der Waals surface area contributed by atoms with Crippen LogP contribution in [0, 0.1) is 0 Å². The highest BCUT2D eigenvalue weighted by atomic mass is 16.4. The molecule has 2 rings (SSSR count). The number of allylic oxidation sites excluding steroid dienone is 2. The number of hydrogen-bond donors (Lipinski definition) is 4. The normalized spacial score (nSPS) is 10.5. The topological polar surface area (TPSA) is 107 Å². The molecule has 0 heterocycles. The summed E-state index contributed by atoms with van der Waals surface area (Å²) in [5.41, 5.74) is 1.09. The number of amides is 1. The monoisotopic (exact) mass is 325 g/mol. The van der Waals surface area contributed by atoms with Crippen molar-refractivity contribution < 1.29 is 24.9 Å². The molecule has 1 amide bonds. The first kappa shape index (κ1) is 16.8. The molecular formula is C18H15NO5. The molecule has 122 valence electrons. The fraction of sp³-hybridized carbons (Fsp3) is 0. The van der Waals surface area contributed by atoms with Gasteiger partial charge in [0.25, 0.3) is 0 Å². The van der Waals surface area contributed by atoms with Crippen molar-refractivity contribution in [1.29, 1.82) is 0 Å². The van der Waals surface area contributed by atoms with E-state index in [0.717, 1.165) is 0 Å². The molecule has 6 nitrogen and oxygen atoms in total. The van der Waals surface area contributed by atoms with Gasteiger partial charge >= 0.3 is 5.97 Å². The lowest BCUT2D eigenvalue weighted by Crippen LogP contribution is -2.12. The van der Waals surface area contributed by atoms with Crippen LogP contribution in [0.25, 0.3) is 11.1 Å². The van der Waals surface area contributed by atoms with E-state index in [4.69, 9.17) is 0 Å². The predicted molar refractivity (Wildman–Crippen MR) is 90.1 cm³/mol. The SMILES string of the molecule is C=CC=CC(=O)Nc1ccc(-c2ccc(O)c(O)c2)cc1C(=O)O. The fourth-order valence-electron chi connectivity index (χ4n) is 2.04. The lowest BCUT2D eigenvalue weighted by Gasteiger charge is -2.10. The highest BCUT2D eigenvalue weighted by Gasteiger charge is 2.14. The molecule has 4 N–H and O–H groups in total. The van der Waals surface area contributed by atoms with Crippen LogP contribution >= 0.6 is 0 Å². The number of phenols is 2. The van der Waals surface area contributed by atoms with Gasteiger partial charge in [0.15, 0.2) is 11.5 Å². The molecule has 2 aromatic carbocycles. The number of aromatic carboxylic acids is 1. The number of carbonyl (C=O) groups excluding carboxylic acids is 1. The second-order valence-corrected chi connectivity index (χ2v) is 4.85. The number of nitrogens with one attached hydrogen (secondary N) is 1. The minimum absolute atomic E-state index is 0.0968. The van der Waals surface area contributed by atoms with Crippen molar-refractivity contribution in [2.45, 2.75) is 0 Å². The van der Waals surface area contributed by atoms with Gasteiger partial charge in [-0.25, -0.2) is 4.79 Å². The van der Waals surface area contributed by atoms with Gasteiger partial charge in [0.05, 0.1) is 11.3 Å². The summed E-state index contributed by atoms with van der Waals surface area (Å²) in [6.45, 7) is 3.44. The molecule has 0 bridgehead atoms. The van der Waals surface area contributed by atoms with E-state index in [1.165, 1.54) is 42.5 Å². The lowest BCUT2D eigenvalue weighted by atomic mass is 10.0. The van der Waals surface area contributed by atoms with E-state index in [2.05, 4.69) is 11.9 Å². The third kappa shape index (κ3) is 3.80. The smallest absolute Gasteiger partial charge is 0.337 e. The molecular weight excluding hydrogens is 310 g/mol. The average Bonchev–Trinajstić information content (AvgIpc) is 2.55. The maximum absolute atomic E-state index is 11.7. The van der Waals surface area contributed by atoms with Gasteiger partial charge in [0, 0.05) is 6.08 Å². The van der Waals surface area contributed by atoms with Crippen molar-refractivity contribution in [2.75, 3.05) is 5.32 Å². The van der Waals surface area contributed by atoms with Gasteiger partial charge in [0.1, 0.15) is 0 Å². The maximum Gasteiger partial charge on any atom is 0.337 e. The van der Waals surface area contributed by atoms with E-state index < -0.39 is 11.9 Å². The third-order valence-electron chi connectivity index (χ3n) is 3.20. The summed E-state index contributed by atoms with van der Waals surface area (Å²) in [7, 11) is 0. The Morgan fingerprint density at radius 2 is 1.67 bits per heavy atom. The molecule has 0 radical (unpaired) electrons. The number of carbonyl (C=O) groups is 2. The Labute approximate surface area is 138 Å². The number of aromatic hydroxyl groups is 2. The Morgan fingerprint density at radius 3 is 2.29 bits per heavy atom. The van der Waals surface area contributed by atoms with Gasteiger partial charge in [0.2, 0.25) is 5.91 Å². The number of benzene rings is 2. The van der Waals surface area contributed by atoms with E-state index >= 15 is 0 Å². The average molecular weight is 325 g/mol. The number of carboxylic acid groups (broad SMARTS) is 1. The number of phenolic OH excluding ortho intramolecular Hbond substituents is 2. The van der Waals surface area contributed by atoms with Crippen molar-refractivity contribution in [2.24, 2.45) is 0 Å². The van der Waals surface area contributed by atoms with Crippen molar-refractivity contribution in [3.05, 3.63) is 66.8 Å². The molecule has 0 aromatic heterocycles. The fourth-order valence-corrected chi connectivity index (χ4v) is 2.04. The molecule has 0 unspecified atom stereocenters. The van der Waals surface area contributed by atoms with Gasteiger partial charge in [-0.2, -0.15) is 0 Å². The van der Waals surface area contributed by atoms with Crippen LogP contribution in [0.4, 0.5) is 5.69 Å². The first-order chi connectivity index (χ1) is 11.4. The second kappa shape index (κ2) is 7.15. The summed E-state index contributed by atoms with van der Waals surface area (Å²) < 4.78 is 0. The predicted octanol–water partition coefficient (Wildman–Crippen LogP) is 3.14. The van der Waals surface area contributed by atoms with Crippen LogP contribution in [0.2, 0.25) is 0 Å². The van der Waals surface area contributed by atoms with Crippen LogP contribution in [0.1, 0.15) is 10.4 Å². The van der Waals surface area contributed by atoms with E-state index in [9.17, 15) is 24.9 Å². The van der Waals surface area contributed by atoms with E-state index in [1.54, 1.807) is 12.1 Å². The Balaban J connectivity index is 2.40. The van der Waals surface area contributed by atoms with Crippen LogP contribution in [0.15, 0.2) is 61.2 Å². The van der Waals surface area contributed by atoms with Crippen LogP contribution in [0.5, 0.6) is 11.5 Å². The van der Waals surface area contributed by atoms with Gasteiger partial charge in [-0.15, -0.1) is 0 Å². The number of anilines is 1. The molecule has 2 aromatic rings. The Hall–Kier alpha value is -3.54. The van der Waals surface area contributed by atoms with Gasteiger partial charge in [-0.3, -0.25) is 4.79 Å². The summed E-state index contributed by atoms with van der Waals surface area (Å²) in [5, 5.41) is 30.7. The quantitative estimate of drug-likeness (QED) is 0.384. The van der Waals surface area contributed by atoms with Crippen molar-refractivity contribution in [3.8, 4) is 22.6 Å². The molecule has 0 atom stereocenters. The molecule has 0 aliphatic carbocycles. The van der Waals surface area contributed by atoms with E-state index in [0.29, 0.717) is 11.1 Å². The molecule has 6 heteroatoms. The molecule has 0 aliphatic rings. The molecule has 0 saturated carbocycles. The molecule has 24 heavy (non-hydrogen) atoms. The lowest BCUT2D eigenvalue weighted by molar-refractivity contribution is -0.111. The van der Waals surface area contributed by atoms with Gasteiger partial charge in [-0.05, 0) is 35.4 Å². The van der Waals surface area contributed by atoms with Crippen LogP contribution in [-0.4, -0.2) is 27.2 Å².